The Morgan fingerprint density at radius 3 is 2.64 bits per heavy atom. The van der Waals surface area contributed by atoms with E-state index in [-0.39, 0.29) is 18.1 Å². The molecule has 28 heavy (non-hydrogen) atoms. The highest BCUT2D eigenvalue weighted by atomic mass is 19.1. The molecule has 0 saturated carbocycles. The van der Waals surface area contributed by atoms with E-state index in [1.165, 1.54) is 6.07 Å². The van der Waals surface area contributed by atoms with E-state index in [9.17, 15) is 4.39 Å². The Hall–Kier alpha value is -3.67. The first-order valence-corrected chi connectivity index (χ1v) is 8.89. The molecule has 4 rings (SSSR count). The van der Waals surface area contributed by atoms with Gasteiger partial charge in [-0.3, -0.25) is 10.1 Å². The Balaban J connectivity index is 1.51. The second-order valence-electron chi connectivity index (χ2n) is 6.24. The highest BCUT2D eigenvalue weighted by Crippen LogP contribution is 2.27. The summed E-state index contributed by atoms with van der Waals surface area (Å²) >= 11 is 0. The van der Waals surface area contributed by atoms with E-state index in [4.69, 9.17) is 4.74 Å². The van der Waals surface area contributed by atoms with E-state index in [0.717, 1.165) is 28.2 Å². The average Bonchev–Trinajstić information content (AvgIpc) is 3.24. The topological polar surface area (TPSA) is 62.8 Å². The van der Waals surface area contributed by atoms with Crippen LogP contribution in [0.2, 0.25) is 0 Å². The van der Waals surface area contributed by atoms with Crippen LogP contribution in [0.15, 0.2) is 72.9 Å². The number of halogens is 1. The maximum Gasteiger partial charge on any atom is 0.148 e. The second kappa shape index (κ2) is 7.92. The molecule has 2 aromatic heterocycles. The van der Waals surface area contributed by atoms with Crippen LogP contribution < -0.4 is 10.1 Å². The van der Waals surface area contributed by atoms with E-state index in [1.54, 1.807) is 12.3 Å². The van der Waals surface area contributed by atoms with Crippen LogP contribution in [-0.4, -0.2) is 22.2 Å². The molecule has 0 fully saturated rings. The van der Waals surface area contributed by atoms with Crippen molar-refractivity contribution >= 4 is 5.69 Å². The number of hydrogen-bond acceptors (Lipinski definition) is 4. The van der Waals surface area contributed by atoms with Crippen LogP contribution in [0.4, 0.5) is 10.1 Å². The van der Waals surface area contributed by atoms with Gasteiger partial charge in [-0.15, -0.1) is 0 Å². The van der Waals surface area contributed by atoms with Crippen LogP contribution in [0, 0.1) is 5.82 Å². The third kappa shape index (κ3) is 3.86. The second-order valence-corrected chi connectivity index (χ2v) is 6.24. The molecule has 0 radical (unpaired) electrons. The number of pyridine rings is 1. The molecular formula is C22H19FN4O. The van der Waals surface area contributed by atoms with Gasteiger partial charge >= 0.3 is 0 Å². The van der Waals surface area contributed by atoms with Gasteiger partial charge in [-0.2, -0.15) is 5.10 Å². The smallest absolute Gasteiger partial charge is 0.148 e. The lowest BCUT2D eigenvalue weighted by molar-refractivity contribution is 0.294. The third-order valence-electron chi connectivity index (χ3n) is 4.40. The monoisotopic (exact) mass is 374 g/mol. The molecule has 5 nitrogen and oxygen atoms in total. The summed E-state index contributed by atoms with van der Waals surface area (Å²) in [5, 5.41) is 10.6. The molecule has 0 amide bonds. The Kier molecular flexibility index (Phi) is 5.01. The molecule has 2 heterocycles. The molecule has 2 aromatic carbocycles. The minimum absolute atomic E-state index is 0.0692. The third-order valence-corrected chi connectivity index (χ3v) is 4.40. The molecule has 140 valence electrons. The predicted molar refractivity (Wildman–Crippen MR) is 108 cm³/mol. The molecule has 0 aliphatic rings. The predicted octanol–water partition coefficient (Wildman–Crippen LogP) is 4.90. The van der Waals surface area contributed by atoms with Crippen molar-refractivity contribution in [1.29, 1.82) is 0 Å². The van der Waals surface area contributed by atoms with Crippen molar-refractivity contribution in [2.24, 2.45) is 0 Å². The molecule has 6 heteroatoms. The zero-order valence-corrected chi connectivity index (χ0v) is 15.3. The fourth-order valence-electron chi connectivity index (χ4n) is 2.86. The van der Waals surface area contributed by atoms with Gasteiger partial charge in [0.15, 0.2) is 0 Å². The summed E-state index contributed by atoms with van der Waals surface area (Å²) in [5.74, 6) is 0.255. The van der Waals surface area contributed by atoms with Gasteiger partial charge in [-0.05, 0) is 48.0 Å². The van der Waals surface area contributed by atoms with Crippen LogP contribution in [0.1, 0.15) is 5.69 Å². The number of nitrogens with zero attached hydrogens (tertiary/aromatic N) is 2. The molecule has 2 N–H and O–H groups in total. The van der Waals surface area contributed by atoms with Gasteiger partial charge in [0.25, 0.3) is 0 Å². The van der Waals surface area contributed by atoms with Gasteiger partial charge in [0, 0.05) is 24.5 Å². The van der Waals surface area contributed by atoms with Crippen molar-refractivity contribution < 1.29 is 9.13 Å². The number of aromatic amines is 1. The van der Waals surface area contributed by atoms with E-state index < -0.39 is 0 Å². The van der Waals surface area contributed by atoms with Gasteiger partial charge in [0.2, 0.25) is 0 Å². The number of benzene rings is 2. The summed E-state index contributed by atoms with van der Waals surface area (Å²) in [6.45, 7) is 0.0692. The molecule has 4 aromatic rings. The molecule has 0 aliphatic carbocycles. The summed E-state index contributed by atoms with van der Waals surface area (Å²) in [6.07, 6.45) is 1.55. The molecule has 0 aliphatic heterocycles. The quantitative estimate of drug-likeness (QED) is 0.504. The maximum atomic E-state index is 13.7. The summed E-state index contributed by atoms with van der Waals surface area (Å²) in [4.78, 5) is 4.00. The molecule has 0 unspecified atom stereocenters. The highest BCUT2D eigenvalue weighted by Gasteiger charge is 2.08. The van der Waals surface area contributed by atoms with Crippen molar-refractivity contribution in [3.63, 3.8) is 0 Å². The standard InChI is InChI=1S/C22H19FN4O/c1-24-17-9-7-15(8-10-17)20-13-21(27-26-20)16-4-2-5-18(12-16)28-14-22-19(23)6-3-11-25-22/h2-13,24H,14H2,1H3,(H,26,27). The number of hydrogen-bond donors (Lipinski definition) is 2. The molecule has 0 bridgehead atoms. The van der Waals surface area contributed by atoms with Crippen molar-refractivity contribution in [2.75, 3.05) is 12.4 Å². The molecular weight excluding hydrogens is 355 g/mol. The largest absolute Gasteiger partial charge is 0.487 e. The Morgan fingerprint density at radius 1 is 1.00 bits per heavy atom. The maximum absolute atomic E-state index is 13.7. The van der Waals surface area contributed by atoms with Gasteiger partial charge in [-0.25, -0.2) is 4.39 Å². The summed E-state index contributed by atoms with van der Waals surface area (Å²) in [7, 11) is 1.89. The van der Waals surface area contributed by atoms with Gasteiger partial charge in [-0.1, -0.05) is 24.3 Å². The lowest BCUT2D eigenvalue weighted by Crippen LogP contribution is -2.01. The SMILES string of the molecule is CNc1ccc(-c2cc(-c3cccc(OCc4ncccc4F)c3)n[nH]2)cc1. The van der Waals surface area contributed by atoms with E-state index in [2.05, 4.69) is 20.5 Å². The number of aromatic nitrogens is 3. The van der Waals surface area contributed by atoms with E-state index >= 15 is 0 Å². The first-order chi connectivity index (χ1) is 13.7. The first-order valence-electron chi connectivity index (χ1n) is 8.89. The number of ether oxygens (including phenoxy) is 1. The van der Waals surface area contributed by atoms with Gasteiger partial charge in [0.05, 0.1) is 11.4 Å². The van der Waals surface area contributed by atoms with Crippen LogP contribution in [-0.2, 0) is 6.61 Å². The number of H-pyrrole nitrogens is 1. The number of nitrogens with one attached hydrogen (secondary N) is 2. The Morgan fingerprint density at radius 2 is 1.86 bits per heavy atom. The molecule has 0 atom stereocenters. The van der Waals surface area contributed by atoms with Crippen molar-refractivity contribution in [2.45, 2.75) is 6.61 Å². The Bertz CT molecular complexity index is 1080. The molecule has 0 saturated heterocycles. The normalized spacial score (nSPS) is 10.6. The van der Waals surface area contributed by atoms with E-state index in [1.807, 2.05) is 61.6 Å². The number of rotatable bonds is 6. The summed E-state index contributed by atoms with van der Waals surface area (Å²) in [6, 6.07) is 20.6. The average molecular weight is 374 g/mol. The van der Waals surface area contributed by atoms with Gasteiger partial charge in [0.1, 0.15) is 23.9 Å². The van der Waals surface area contributed by atoms with Gasteiger partial charge < -0.3 is 10.1 Å². The van der Waals surface area contributed by atoms with Crippen LogP contribution in [0.25, 0.3) is 22.5 Å². The minimum atomic E-state index is -0.375. The van der Waals surface area contributed by atoms with Crippen molar-refractivity contribution in [1.82, 2.24) is 15.2 Å². The fraction of sp³-hybridized carbons (Fsp3) is 0.0909. The first kappa shape index (κ1) is 17.7. The number of anilines is 1. The van der Waals surface area contributed by atoms with Crippen molar-refractivity contribution in [3.05, 3.63) is 84.4 Å². The molecule has 0 spiro atoms. The lowest BCUT2D eigenvalue weighted by Gasteiger charge is -2.07. The minimum Gasteiger partial charge on any atom is -0.487 e. The summed E-state index contributed by atoms with van der Waals surface area (Å²) < 4.78 is 19.4. The summed E-state index contributed by atoms with van der Waals surface area (Å²) in [5.41, 5.74) is 5.03. The Labute approximate surface area is 162 Å². The highest BCUT2D eigenvalue weighted by molar-refractivity contribution is 5.70. The van der Waals surface area contributed by atoms with Crippen molar-refractivity contribution in [3.8, 4) is 28.3 Å². The zero-order chi connectivity index (χ0) is 19.3. The fourth-order valence-corrected chi connectivity index (χ4v) is 2.86. The van der Waals surface area contributed by atoms with Crippen LogP contribution in [0.5, 0.6) is 5.75 Å². The zero-order valence-electron chi connectivity index (χ0n) is 15.3. The lowest BCUT2D eigenvalue weighted by atomic mass is 10.1. The van der Waals surface area contributed by atoms with E-state index in [0.29, 0.717) is 5.75 Å². The van der Waals surface area contributed by atoms with Crippen LogP contribution >= 0.6 is 0 Å². The van der Waals surface area contributed by atoms with Crippen LogP contribution in [0.3, 0.4) is 0 Å².